The number of nitrogens with one attached hydrogen (secondary N) is 1. The summed E-state index contributed by atoms with van der Waals surface area (Å²) >= 11 is 1.73. The lowest BCUT2D eigenvalue weighted by molar-refractivity contribution is 0.221. The average Bonchev–Trinajstić information content (AvgIpc) is 2.04. The van der Waals surface area contributed by atoms with E-state index in [9.17, 15) is 0 Å². The molecule has 1 aliphatic heterocycles. The molecule has 0 bridgehead atoms. The van der Waals surface area contributed by atoms with Crippen molar-refractivity contribution in [3.8, 4) is 0 Å². The maximum atomic E-state index is 3.33. The molecule has 66 valence electrons. The van der Waals surface area contributed by atoms with Gasteiger partial charge in [0.05, 0.1) is 0 Å². The van der Waals surface area contributed by atoms with Gasteiger partial charge in [-0.2, -0.15) is 0 Å². The number of rotatable bonds is 3. The van der Waals surface area contributed by atoms with Crippen LogP contribution >= 0.6 is 11.9 Å². The Bertz CT molecular complexity index is 97.5. The summed E-state index contributed by atoms with van der Waals surface area (Å²) in [6.07, 6.45) is 4.82. The molecular formula is C8H18N2S. The Morgan fingerprint density at radius 2 is 2.09 bits per heavy atom. The lowest BCUT2D eigenvalue weighted by atomic mass is 9.98. The highest BCUT2D eigenvalue weighted by molar-refractivity contribution is 7.96. The molecule has 1 aliphatic rings. The summed E-state index contributed by atoms with van der Waals surface area (Å²) in [6, 6.07) is 0. The summed E-state index contributed by atoms with van der Waals surface area (Å²) in [5, 5.41) is 0. The van der Waals surface area contributed by atoms with Crippen molar-refractivity contribution in [3.63, 3.8) is 0 Å². The first-order chi connectivity index (χ1) is 5.33. The topological polar surface area (TPSA) is 15.3 Å². The molecule has 1 fully saturated rings. The minimum atomic E-state index is 0.915. The van der Waals surface area contributed by atoms with Crippen LogP contribution in [0.15, 0.2) is 0 Å². The fourth-order valence-corrected chi connectivity index (χ4v) is 1.87. The molecule has 0 aromatic rings. The van der Waals surface area contributed by atoms with E-state index in [1.165, 1.54) is 32.5 Å². The molecular weight excluding hydrogens is 156 g/mol. The van der Waals surface area contributed by atoms with Crippen molar-refractivity contribution in [2.75, 3.05) is 32.9 Å². The maximum absolute atomic E-state index is 3.33. The SMILES string of the molecule is CSNCC1CCN(C)CC1. The molecule has 3 heteroatoms. The fraction of sp³-hybridized carbons (Fsp3) is 1.00. The molecule has 1 N–H and O–H groups in total. The average molecular weight is 174 g/mol. The van der Waals surface area contributed by atoms with E-state index >= 15 is 0 Å². The molecule has 1 saturated heterocycles. The highest BCUT2D eigenvalue weighted by Gasteiger charge is 2.15. The van der Waals surface area contributed by atoms with Crippen LogP contribution in [0.3, 0.4) is 0 Å². The Kier molecular flexibility index (Phi) is 4.26. The second-order valence-electron chi connectivity index (χ2n) is 3.30. The quantitative estimate of drug-likeness (QED) is 0.647. The van der Waals surface area contributed by atoms with Crippen molar-refractivity contribution in [2.24, 2.45) is 5.92 Å². The molecule has 0 saturated carbocycles. The highest BCUT2D eigenvalue weighted by atomic mass is 32.2. The summed E-state index contributed by atoms with van der Waals surface area (Å²) in [6.45, 7) is 3.75. The highest BCUT2D eigenvalue weighted by Crippen LogP contribution is 2.14. The Balaban J connectivity index is 2.07. The molecule has 0 unspecified atom stereocenters. The van der Waals surface area contributed by atoms with E-state index in [1.54, 1.807) is 11.9 Å². The van der Waals surface area contributed by atoms with Crippen molar-refractivity contribution < 1.29 is 0 Å². The lowest BCUT2D eigenvalue weighted by Crippen LogP contribution is -2.33. The van der Waals surface area contributed by atoms with Crippen LogP contribution in [0.25, 0.3) is 0 Å². The van der Waals surface area contributed by atoms with Gasteiger partial charge in [0, 0.05) is 6.54 Å². The predicted octanol–water partition coefficient (Wildman–Crippen LogP) is 1.20. The molecule has 2 nitrogen and oxygen atoms in total. The molecule has 0 aromatic carbocycles. The molecule has 0 amide bonds. The molecule has 0 aromatic heterocycles. The smallest absolute Gasteiger partial charge is 0.00877 e. The summed E-state index contributed by atoms with van der Waals surface area (Å²) in [4.78, 5) is 2.41. The zero-order valence-electron chi connectivity index (χ0n) is 7.47. The predicted molar refractivity (Wildman–Crippen MR) is 51.7 cm³/mol. The summed E-state index contributed by atoms with van der Waals surface area (Å²) in [7, 11) is 2.21. The van der Waals surface area contributed by atoms with Gasteiger partial charge < -0.3 is 4.90 Å². The van der Waals surface area contributed by atoms with E-state index in [0.717, 1.165) is 5.92 Å². The van der Waals surface area contributed by atoms with Crippen LogP contribution in [-0.2, 0) is 0 Å². The minimum Gasteiger partial charge on any atom is -0.306 e. The van der Waals surface area contributed by atoms with Gasteiger partial charge in [0.25, 0.3) is 0 Å². The van der Waals surface area contributed by atoms with Gasteiger partial charge >= 0.3 is 0 Å². The Labute approximate surface area is 73.9 Å². The number of hydrogen-bond donors (Lipinski definition) is 1. The van der Waals surface area contributed by atoms with Gasteiger partial charge in [-0.05, 0) is 45.2 Å². The molecule has 0 spiro atoms. The summed E-state index contributed by atoms with van der Waals surface area (Å²) < 4.78 is 3.33. The van der Waals surface area contributed by atoms with Gasteiger partial charge in [0.15, 0.2) is 0 Å². The molecule has 11 heavy (non-hydrogen) atoms. The summed E-state index contributed by atoms with van der Waals surface area (Å²) in [5.74, 6) is 0.915. The first-order valence-corrected chi connectivity index (χ1v) is 5.50. The third-order valence-electron chi connectivity index (χ3n) is 2.35. The van der Waals surface area contributed by atoms with Crippen molar-refractivity contribution in [1.29, 1.82) is 0 Å². The molecule has 0 atom stereocenters. The second-order valence-corrected chi connectivity index (χ2v) is 4.00. The first kappa shape index (κ1) is 9.36. The third-order valence-corrected chi connectivity index (χ3v) is 2.81. The van der Waals surface area contributed by atoms with Crippen LogP contribution in [0.4, 0.5) is 0 Å². The van der Waals surface area contributed by atoms with Gasteiger partial charge in [-0.3, -0.25) is 4.72 Å². The van der Waals surface area contributed by atoms with E-state index in [0.29, 0.717) is 0 Å². The van der Waals surface area contributed by atoms with E-state index in [1.807, 2.05) is 0 Å². The van der Waals surface area contributed by atoms with Crippen LogP contribution in [0.2, 0.25) is 0 Å². The normalized spacial score (nSPS) is 22.4. The van der Waals surface area contributed by atoms with Gasteiger partial charge in [-0.15, -0.1) is 0 Å². The van der Waals surface area contributed by atoms with Crippen molar-refractivity contribution >= 4 is 11.9 Å². The van der Waals surface area contributed by atoms with Gasteiger partial charge in [0.1, 0.15) is 0 Å². The van der Waals surface area contributed by atoms with Crippen molar-refractivity contribution in [1.82, 2.24) is 9.62 Å². The van der Waals surface area contributed by atoms with Gasteiger partial charge in [-0.1, -0.05) is 11.9 Å². The van der Waals surface area contributed by atoms with Crippen LogP contribution in [0, 0.1) is 5.92 Å². The van der Waals surface area contributed by atoms with E-state index in [4.69, 9.17) is 0 Å². The molecule has 0 aliphatic carbocycles. The van der Waals surface area contributed by atoms with Gasteiger partial charge in [0.2, 0.25) is 0 Å². The minimum absolute atomic E-state index is 0.915. The van der Waals surface area contributed by atoms with E-state index in [2.05, 4.69) is 22.9 Å². The van der Waals surface area contributed by atoms with Crippen molar-refractivity contribution in [3.05, 3.63) is 0 Å². The standard InChI is InChI=1S/C8H18N2S/c1-10-5-3-8(4-6-10)7-9-11-2/h8-9H,3-7H2,1-2H3. The Morgan fingerprint density at radius 3 is 2.64 bits per heavy atom. The summed E-state index contributed by atoms with van der Waals surface area (Å²) in [5.41, 5.74) is 0. The van der Waals surface area contributed by atoms with Gasteiger partial charge in [-0.25, -0.2) is 0 Å². The zero-order valence-corrected chi connectivity index (χ0v) is 8.28. The Hall–Kier alpha value is 0.270. The lowest BCUT2D eigenvalue weighted by Gasteiger charge is -2.28. The second kappa shape index (κ2) is 5.01. The van der Waals surface area contributed by atoms with Crippen LogP contribution in [0.5, 0.6) is 0 Å². The number of hydrogen-bond acceptors (Lipinski definition) is 3. The number of piperidine rings is 1. The fourth-order valence-electron chi connectivity index (χ4n) is 1.47. The first-order valence-electron chi connectivity index (χ1n) is 4.27. The van der Waals surface area contributed by atoms with Crippen molar-refractivity contribution in [2.45, 2.75) is 12.8 Å². The van der Waals surface area contributed by atoms with Crippen LogP contribution in [-0.4, -0.2) is 37.8 Å². The maximum Gasteiger partial charge on any atom is 0.00877 e. The monoisotopic (exact) mass is 174 g/mol. The third kappa shape index (κ3) is 3.45. The van der Waals surface area contributed by atoms with E-state index in [-0.39, 0.29) is 0 Å². The largest absolute Gasteiger partial charge is 0.306 e. The van der Waals surface area contributed by atoms with E-state index < -0.39 is 0 Å². The van der Waals surface area contributed by atoms with Crippen LogP contribution in [0.1, 0.15) is 12.8 Å². The molecule has 1 heterocycles. The Morgan fingerprint density at radius 1 is 1.45 bits per heavy atom. The number of nitrogens with zero attached hydrogens (tertiary/aromatic N) is 1. The van der Waals surface area contributed by atoms with Crippen LogP contribution < -0.4 is 4.72 Å². The number of likely N-dealkylation sites (tertiary alicyclic amines) is 1. The zero-order chi connectivity index (χ0) is 8.10. The molecule has 0 radical (unpaired) electrons. The molecule has 1 rings (SSSR count).